The molecule has 3 heterocycles. The molecular formula is C23H24FN3O2S. The SMILES string of the molecule is Cc1ncc(CO)c2c1Oc1nc(-c3ccc(F)cc3)nc(SCCC(C)C)c1C2. The molecule has 0 aliphatic carbocycles. The third-order valence-corrected chi connectivity index (χ3v) is 6.15. The second-order valence-electron chi connectivity index (χ2n) is 7.79. The number of fused-ring (bicyclic) bond motifs is 2. The number of thioether (sulfide) groups is 1. The number of aryl methyl sites for hydroxylation is 1. The predicted octanol–water partition coefficient (Wildman–Crippen LogP) is 5.31. The Labute approximate surface area is 179 Å². The van der Waals surface area contributed by atoms with Gasteiger partial charge < -0.3 is 9.84 Å². The molecule has 0 saturated carbocycles. The van der Waals surface area contributed by atoms with Gasteiger partial charge in [0.25, 0.3) is 0 Å². The maximum absolute atomic E-state index is 13.4. The van der Waals surface area contributed by atoms with E-state index in [4.69, 9.17) is 9.72 Å². The summed E-state index contributed by atoms with van der Waals surface area (Å²) in [6, 6.07) is 6.16. The lowest BCUT2D eigenvalue weighted by atomic mass is 9.99. The zero-order valence-corrected chi connectivity index (χ0v) is 18.1. The summed E-state index contributed by atoms with van der Waals surface area (Å²) in [5, 5.41) is 10.6. The molecule has 1 N–H and O–H groups in total. The number of aliphatic hydroxyl groups is 1. The molecule has 1 aliphatic rings. The largest absolute Gasteiger partial charge is 0.436 e. The van der Waals surface area contributed by atoms with Crippen molar-refractivity contribution < 1.29 is 14.2 Å². The first-order valence-electron chi connectivity index (χ1n) is 10.0. The molecule has 0 atom stereocenters. The molecule has 0 fully saturated rings. The fraction of sp³-hybridized carbons (Fsp3) is 0.348. The summed E-state index contributed by atoms with van der Waals surface area (Å²) in [6.07, 6.45) is 3.34. The van der Waals surface area contributed by atoms with E-state index in [1.54, 1.807) is 30.1 Å². The quantitative estimate of drug-likeness (QED) is 0.333. The molecule has 1 aromatic carbocycles. The Morgan fingerprint density at radius 3 is 2.63 bits per heavy atom. The monoisotopic (exact) mass is 425 g/mol. The number of ether oxygens (including phenoxy) is 1. The van der Waals surface area contributed by atoms with E-state index in [1.165, 1.54) is 12.1 Å². The molecule has 5 nitrogen and oxygen atoms in total. The summed E-state index contributed by atoms with van der Waals surface area (Å²) in [4.78, 5) is 13.8. The van der Waals surface area contributed by atoms with E-state index in [2.05, 4.69) is 23.8 Å². The average Bonchev–Trinajstić information content (AvgIpc) is 2.73. The van der Waals surface area contributed by atoms with Crippen LogP contribution in [-0.2, 0) is 13.0 Å². The lowest BCUT2D eigenvalue weighted by molar-refractivity contribution is 0.278. The first kappa shape index (κ1) is 20.8. The van der Waals surface area contributed by atoms with Gasteiger partial charge in [0.15, 0.2) is 11.6 Å². The third kappa shape index (κ3) is 4.18. The Hall–Kier alpha value is -2.51. The molecular weight excluding hydrogens is 401 g/mol. The van der Waals surface area contributed by atoms with Crippen molar-refractivity contribution in [3.8, 4) is 23.0 Å². The van der Waals surface area contributed by atoms with Crippen LogP contribution in [0.25, 0.3) is 11.4 Å². The molecule has 0 bridgehead atoms. The van der Waals surface area contributed by atoms with Crippen molar-refractivity contribution in [2.45, 2.75) is 45.2 Å². The Balaban J connectivity index is 1.79. The van der Waals surface area contributed by atoms with Crippen LogP contribution in [0, 0.1) is 18.7 Å². The van der Waals surface area contributed by atoms with Crippen LogP contribution in [0.2, 0.25) is 0 Å². The molecule has 4 rings (SSSR count). The highest BCUT2D eigenvalue weighted by atomic mass is 32.2. The van der Waals surface area contributed by atoms with Crippen LogP contribution in [0.1, 0.15) is 42.7 Å². The zero-order chi connectivity index (χ0) is 21.3. The van der Waals surface area contributed by atoms with Gasteiger partial charge in [-0.05, 0) is 49.3 Å². The topological polar surface area (TPSA) is 68.1 Å². The van der Waals surface area contributed by atoms with E-state index < -0.39 is 0 Å². The minimum absolute atomic E-state index is 0.0986. The second kappa shape index (κ2) is 8.70. The molecule has 3 aromatic rings. The molecule has 156 valence electrons. The molecule has 1 aliphatic heterocycles. The number of nitrogens with zero attached hydrogens (tertiary/aromatic N) is 3. The van der Waals surface area contributed by atoms with Crippen molar-refractivity contribution in [1.29, 1.82) is 0 Å². The van der Waals surface area contributed by atoms with E-state index in [1.807, 2.05) is 6.92 Å². The fourth-order valence-electron chi connectivity index (χ4n) is 3.33. The van der Waals surface area contributed by atoms with Crippen LogP contribution in [0.3, 0.4) is 0 Å². The number of halogens is 1. The highest BCUT2D eigenvalue weighted by molar-refractivity contribution is 7.99. The number of pyridine rings is 1. The van der Waals surface area contributed by atoms with Gasteiger partial charge in [-0.3, -0.25) is 4.98 Å². The summed E-state index contributed by atoms with van der Waals surface area (Å²) in [5.74, 6) is 2.89. The minimum atomic E-state index is -0.299. The zero-order valence-electron chi connectivity index (χ0n) is 17.3. The standard InChI is InChI=1S/C23H24FN3O2S/c1-13(2)8-9-30-23-19-10-18-16(12-28)11-25-14(3)20(18)29-22(19)26-21(27-23)15-4-6-17(24)7-5-15/h4-7,11,13,28H,8-10,12H2,1-3H3. The van der Waals surface area contributed by atoms with Gasteiger partial charge in [-0.1, -0.05) is 13.8 Å². The first-order valence-corrected chi connectivity index (χ1v) is 11.0. The highest BCUT2D eigenvalue weighted by Gasteiger charge is 2.27. The number of hydrogen-bond donors (Lipinski definition) is 1. The van der Waals surface area contributed by atoms with Gasteiger partial charge in [0.05, 0.1) is 17.9 Å². The molecule has 0 amide bonds. The number of rotatable bonds is 6. The third-order valence-electron chi connectivity index (χ3n) is 5.09. The normalized spacial score (nSPS) is 12.5. The Bertz CT molecular complexity index is 1070. The van der Waals surface area contributed by atoms with E-state index in [-0.39, 0.29) is 12.4 Å². The Morgan fingerprint density at radius 2 is 1.93 bits per heavy atom. The van der Waals surface area contributed by atoms with Crippen molar-refractivity contribution in [2.75, 3.05) is 5.75 Å². The van der Waals surface area contributed by atoms with Crippen LogP contribution >= 0.6 is 11.8 Å². The Kier molecular flexibility index (Phi) is 6.01. The maximum atomic E-state index is 13.4. The second-order valence-corrected chi connectivity index (χ2v) is 8.87. The van der Waals surface area contributed by atoms with Crippen LogP contribution in [-0.4, -0.2) is 25.8 Å². The van der Waals surface area contributed by atoms with Gasteiger partial charge in [-0.2, -0.15) is 4.98 Å². The fourth-order valence-corrected chi connectivity index (χ4v) is 4.60. The predicted molar refractivity (Wildman–Crippen MR) is 115 cm³/mol. The maximum Gasteiger partial charge on any atom is 0.227 e. The van der Waals surface area contributed by atoms with Crippen molar-refractivity contribution in [3.63, 3.8) is 0 Å². The number of benzene rings is 1. The molecule has 7 heteroatoms. The summed E-state index contributed by atoms with van der Waals surface area (Å²) >= 11 is 1.68. The molecule has 30 heavy (non-hydrogen) atoms. The van der Waals surface area contributed by atoms with Crippen LogP contribution in [0.5, 0.6) is 11.6 Å². The first-order chi connectivity index (χ1) is 14.5. The van der Waals surface area contributed by atoms with E-state index >= 15 is 0 Å². The average molecular weight is 426 g/mol. The van der Waals surface area contributed by atoms with Gasteiger partial charge in [0.2, 0.25) is 5.88 Å². The van der Waals surface area contributed by atoms with Crippen LogP contribution in [0.4, 0.5) is 4.39 Å². The summed E-state index contributed by atoms with van der Waals surface area (Å²) in [5.41, 5.74) is 4.09. The Morgan fingerprint density at radius 1 is 1.17 bits per heavy atom. The minimum Gasteiger partial charge on any atom is -0.436 e. The smallest absolute Gasteiger partial charge is 0.227 e. The number of aliphatic hydroxyl groups excluding tert-OH is 1. The molecule has 0 spiro atoms. The molecule has 0 radical (unpaired) electrons. The van der Waals surface area contributed by atoms with Gasteiger partial charge in [0, 0.05) is 29.3 Å². The number of hydrogen-bond acceptors (Lipinski definition) is 6. The van der Waals surface area contributed by atoms with Crippen molar-refractivity contribution in [3.05, 3.63) is 58.7 Å². The van der Waals surface area contributed by atoms with Crippen molar-refractivity contribution in [1.82, 2.24) is 15.0 Å². The summed E-state index contributed by atoms with van der Waals surface area (Å²) < 4.78 is 19.6. The van der Waals surface area contributed by atoms with Gasteiger partial charge >= 0.3 is 0 Å². The van der Waals surface area contributed by atoms with Gasteiger partial charge in [-0.15, -0.1) is 11.8 Å². The number of aromatic nitrogens is 3. The van der Waals surface area contributed by atoms with Crippen molar-refractivity contribution >= 4 is 11.8 Å². The van der Waals surface area contributed by atoms with E-state index in [9.17, 15) is 9.50 Å². The lowest BCUT2D eigenvalue weighted by Gasteiger charge is -2.24. The van der Waals surface area contributed by atoms with Crippen LogP contribution in [0.15, 0.2) is 35.5 Å². The molecule has 0 unspecified atom stereocenters. The lowest BCUT2D eigenvalue weighted by Crippen LogP contribution is -2.13. The summed E-state index contributed by atoms with van der Waals surface area (Å²) in [7, 11) is 0. The van der Waals surface area contributed by atoms with Gasteiger partial charge in [-0.25, -0.2) is 9.37 Å². The summed E-state index contributed by atoms with van der Waals surface area (Å²) in [6.45, 7) is 6.18. The van der Waals surface area contributed by atoms with Crippen molar-refractivity contribution in [2.24, 2.45) is 5.92 Å². The van der Waals surface area contributed by atoms with E-state index in [0.717, 1.165) is 45.1 Å². The van der Waals surface area contributed by atoms with Gasteiger partial charge in [0.1, 0.15) is 10.8 Å². The molecule has 2 aromatic heterocycles. The highest BCUT2D eigenvalue weighted by Crippen LogP contribution is 2.42. The van der Waals surface area contributed by atoms with Crippen LogP contribution < -0.4 is 4.74 Å². The van der Waals surface area contributed by atoms with E-state index in [0.29, 0.717) is 29.8 Å². The molecule has 0 saturated heterocycles.